The monoisotopic (exact) mass is 872 g/mol. The van der Waals surface area contributed by atoms with Crippen LogP contribution in [0.2, 0.25) is 0 Å². The van der Waals surface area contributed by atoms with Crippen molar-refractivity contribution in [3.8, 4) is 46.0 Å². The second-order valence-electron chi connectivity index (χ2n) is 12.8. The van der Waals surface area contributed by atoms with Crippen LogP contribution in [0.3, 0.4) is 0 Å². The number of rotatable bonds is 4. The van der Waals surface area contributed by atoms with Gasteiger partial charge in [-0.3, -0.25) is 0 Å². The standard InChI is InChI=1S/4C10H12O2.2C2H6O.2Zn/c4*1-7(2)8-4-3-5-9(11)10(12)6-8;2*1-2-3;;/h4*3-7,11H,1-2H3;2*3H,2H2,1H3;;/q;;;;;;2*+2/p-4. The maximum absolute atomic E-state index is 11.0. The fraction of sp³-hybridized carbons (Fsp3) is 0.364. The van der Waals surface area contributed by atoms with Crippen LogP contribution in [-0.4, -0.2) is 23.4 Å². The predicted octanol–water partition coefficient (Wildman–Crippen LogP) is 4.95. The van der Waals surface area contributed by atoms with Crippen molar-refractivity contribution in [3.63, 3.8) is 0 Å². The Bertz CT molecular complexity index is 1430. The van der Waals surface area contributed by atoms with Crippen LogP contribution in [0.15, 0.2) is 97.1 Å². The van der Waals surface area contributed by atoms with Crippen LogP contribution in [0.25, 0.3) is 0 Å². The van der Waals surface area contributed by atoms with Crippen molar-refractivity contribution >= 4 is 0 Å². The molecule has 0 amide bonds. The zero-order chi connectivity index (χ0) is 42.0. The summed E-state index contributed by atoms with van der Waals surface area (Å²) in [7, 11) is 0. The molecule has 4 rings (SSSR count). The summed E-state index contributed by atoms with van der Waals surface area (Å²) < 4.78 is 0. The Morgan fingerprint density at radius 1 is 0.393 bits per heavy atom. The van der Waals surface area contributed by atoms with Crippen LogP contribution < -0.4 is 40.9 Å². The molecule has 10 nitrogen and oxygen atoms in total. The van der Waals surface area contributed by atoms with E-state index >= 15 is 0 Å². The van der Waals surface area contributed by atoms with Crippen LogP contribution in [0.5, 0.6) is 46.0 Å². The Labute approximate surface area is 359 Å². The average molecular weight is 876 g/mol. The minimum Gasteiger partial charge on any atom is -0.852 e. The van der Waals surface area contributed by atoms with Gasteiger partial charge in [-0.1, -0.05) is 0 Å². The quantitative estimate of drug-likeness (QED) is 0.207. The Morgan fingerprint density at radius 3 is 0.661 bits per heavy atom. The number of hydrogen-bond donors (Lipinski definition) is 2. The van der Waals surface area contributed by atoms with Gasteiger partial charge in [-0.2, -0.15) is 0 Å². The van der Waals surface area contributed by atoms with Crippen molar-refractivity contribution < 1.29 is 90.0 Å². The van der Waals surface area contributed by atoms with Crippen LogP contribution >= 0.6 is 0 Å². The van der Waals surface area contributed by atoms with Gasteiger partial charge >= 0.3 is 39.0 Å². The van der Waals surface area contributed by atoms with Crippen molar-refractivity contribution in [2.45, 2.75) is 92.9 Å². The molecule has 0 spiro atoms. The van der Waals surface area contributed by atoms with Crippen molar-refractivity contribution in [3.05, 3.63) is 119 Å². The third-order valence-electron chi connectivity index (χ3n) is 6.97. The van der Waals surface area contributed by atoms with Gasteiger partial charge in [0, 0.05) is 202 Å². The number of aliphatic hydroxyl groups excluding tert-OH is 2. The van der Waals surface area contributed by atoms with Gasteiger partial charge < -0.3 is 51.1 Å². The Balaban J connectivity index is -0.000000303. The molecule has 4 aromatic carbocycles. The molecule has 4 aromatic rings. The summed E-state index contributed by atoms with van der Waals surface area (Å²) >= 11 is 0. The van der Waals surface area contributed by atoms with E-state index in [1.165, 1.54) is 48.5 Å². The molecular formula is C44H56O10Zn2. The zero-order valence-electron chi connectivity index (χ0n) is 34.5. The van der Waals surface area contributed by atoms with Crippen LogP contribution in [0.4, 0.5) is 0 Å². The number of aliphatic hydroxyl groups is 2. The summed E-state index contributed by atoms with van der Waals surface area (Å²) in [5.74, 6) is -2.35. The van der Waals surface area contributed by atoms with E-state index in [-0.39, 0.29) is 75.8 Å². The molecule has 296 valence electrons. The summed E-state index contributed by atoms with van der Waals surface area (Å²) in [5, 5.41) is 103. The largest absolute Gasteiger partial charge is 2.00 e. The SMILES string of the molecule is CC(C)c1cccc([O-])[c+]([O-])c1.CC(C)c1cccc([O-])[c+]([O-])c1.CC(C)c1cccc([O-])[c+]([O-])c1.CC(C)c1cccc([O-])[c+]([O-])c1.CCO.CCO.[Zn+2].[Zn+2]. The van der Waals surface area contributed by atoms with Crippen molar-refractivity contribution in [1.29, 1.82) is 0 Å². The van der Waals surface area contributed by atoms with Gasteiger partial charge in [0.2, 0.25) is 0 Å². The molecule has 0 atom stereocenters. The third kappa shape index (κ3) is 25.9. The Morgan fingerprint density at radius 2 is 0.536 bits per heavy atom. The first-order valence-electron chi connectivity index (χ1n) is 17.7. The minimum absolute atomic E-state index is 0. The first kappa shape index (κ1) is 58.6. The molecule has 0 aliphatic carbocycles. The molecule has 0 heterocycles. The smallest absolute Gasteiger partial charge is 0.852 e. The molecule has 0 aromatic heterocycles. The van der Waals surface area contributed by atoms with Crippen LogP contribution in [0.1, 0.15) is 115 Å². The maximum Gasteiger partial charge on any atom is 2.00 e. The van der Waals surface area contributed by atoms with Gasteiger partial charge in [0.25, 0.3) is 0 Å². The molecule has 0 aliphatic rings. The molecule has 0 radical (unpaired) electrons. The normalized spacial score (nSPS) is 9.43. The first-order valence-corrected chi connectivity index (χ1v) is 17.7. The fourth-order valence-corrected chi connectivity index (χ4v) is 3.83. The summed E-state index contributed by atoms with van der Waals surface area (Å²) in [6, 6.07) is 24.5. The third-order valence-corrected chi connectivity index (χ3v) is 6.97. The van der Waals surface area contributed by atoms with E-state index < -0.39 is 46.0 Å². The Kier molecular flexibility index (Phi) is 34.7. The summed E-state index contributed by atoms with van der Waals surface area (Å²) in [5.41, 5.74) is 3.62. The summed E-state index contributed by atoms with van der Waals surface area (Å²) in [6.07, 6.45) is 0. The van der Waals surface area contributed by atoms with Gasteiger partial charge in [0.1, 0.15) is 0 Å². The van der Waals surface area contributed by atoms with E-state index in [1.807, 2.05) is 55.4 Å². The summed E-state index contributed by atoms with van der Waals surface area (Å²) in [4.78, 5) is 0. The second kappa shape index (κ2) is 33.1. The molecule has 0 saturated carbocycles. The van der Waals surface area contributed by atoms with E-state index in [1.54, 1.807) is 62.4 Å². The van der Waals surface area contributed by atoms with E-state index in [4.69, 9.17) is 10.2 Å². The summed E-state index contributed by atoms with van der Waals surface area (Å²) in [6.45, 7) is 19.7. The molecule has 0 saturated heterocycles. The van der Waals surface area contributed by atoms with Gasteiger partial charge in [-0.25, -0.2) is 0 Å². The number of hydrogen-bond acceptors (Lipinski definition) is 10. The van der Waals surface area contributed by atoms with Crippen LogP contribution in [-0.2, 0) is 39.0 Å². The molecule has 0 fully saturated rings. The molecule has 12 heteroatoms. The predicted molar refractivity (Wildman–Crippen MR) is 201 cm³/mol. The Hall–Kier alpha value is -4.07. The van der Waals surface area contributed by atoms with E-state index in [0.717, 1.165) is 22.3 Å². The molecule has 0 bridgehead atoms. The zero-order valence-corrected chi connectivity index (χ0v) is 40.5. The molecule has 0 aliphatic heterocycles. The molecule has 2 N–H and O–H groups in total. The van der Waals surface area contributed by atoms with Crippen molar-refractivity contribution in [1.82, 2.24) is 0 Å². The van der Waals surface area contributed by atoms with Gasteiger partial charge in [0.15, 0.2) is 0 Å². The average Bonchev–Trinajstić information content (AvgIpc) is 3.54. The van der Waals surface area contributed by atoms with Gasteiger partial charge in [0.05, 0.1) is 0 Å². The van der Waals surface area contributed by atoms with Crippen LogP contribution in [0, 0.1) is 0 Å². The van der Waals surface area contributed by atoms with E-state index in [9.17, 15) is 40.9 Å². The van der Waals surface area contributed by atoms with Crippen molar-refractivity contribution in [2.75, 3.05) is 13.2 Å². The second-order valence-corrected chi connectivity index (χ2v) is 12.8. The molecule has 56 heavy (non-hydrogen) atoms. The van der Waals surface area contributed by atoms with Gasteiger partial charge in [-0.05, 0) is 69.2 Å². The first-order chi connectivity index (χ1) is 25.3. The molecule has 0 unspecified atom stereocenters. The topological polar surface area (TPSA) is 225 Å². The van der Waals surface area contributed by atoms with Gasteiger partial charge in [-0.15, -0.1) is 0 Å². The molecular weight excluding hydrogens is 819 g/mol. The van der Waals surface area contributed by atoms with E-state index in [0.29, 0.717) is 0 Å². The minimum atomic E-state index is -0.443. The van der Waals surface area contributed by atoms with E-state index in [2.05, 4.69) is 0 Å². The maximum atomic E-state index is 11.0. The fourth-order valence-electron chi connectivity index (χ4n) is 3.83. The van der Waals surface area contributed by atoms with Crippen molar-refractivity contribution in [2.24, 2.45) is 0 Å².